The molecule has 0 saturated carbocycles. The van der Waals surface area contributed by atoms with E-state index in [0.717, 1.165) is 4.90 Å². The molecule has 0 radical (unpaired) electrons. The molecule has 0 unspecified atom stereocenters. The van der Waals surface area contributed by atoms with Crippen molar-refractivity contribution in [2.24, 2.45) is 5.92 Å². The van der Waals surface area contributed by atoms with Crippen LogP contribution in [-0.4, -0.2) is 25.1 Å². The van der Waals surface area contributed by atoms with Gasteiger partial charge in [-0.05, 0) is 42.3 Å². The van der Waals surface area contributed by atoms with Crippen molar-refractivity contribution in [3.63, 3.8) is 0 Å². The van der Waals surface area contributed by atoms with Gasteiger partial charge in [0.05, 0.1) is 11.4 Å². The van der Waals surface area contributed by atoms with E-state index in [1.54, 1.807) is 17.1 Å². The lowest BCUT2D eigenvalue weighted by molar-refractivity contribution is 0.102. The molecule has 0 atom stereocenters. The van der Waals surface area contributed by atoms with Gasteiger partial charge in [0, 0.05) is 28.8 Å². The maximum atomic E-state index is 13.1. The number of nitrogens with one attached hydrogen (secondary N) is 1. The molecule has 7 nitrogen and oxygen atoms in total. The molecule has 0 bridgehead atoms. The average Bonchev–Trinajstić information content (AvgIpc) is 3.16. The van der Waals surface area contributed by atoms with E-state index < -0.39 is 5.82 Å². The van der Waals surface area contributed by atoms with Crippen LogP contribution in [0.4, 0.5) is 10.1 Å². The van der Waals surface area contributed by atoms with E-state index in [9.17, 15) is 14.0 Å². The number of fused-ring (bicyclic) bond motifs is 1. The van der Waals surface area contributed by atoms with Crippen molar-refractivity contribution in [1.29, 1.82) is 0 Å². The number of hydrogen-bond donors (Lipinski definition) is 1. The van der Waals surface area contributed by atoms with Gasteiger partial charge in [-0.25, -0.2) is 9.37 Å². The predicted octanol–water partition coefficient (Wildman–Crippen LogP) is 4.23. The van der Waals surface area contributed by atoms with Crippen molar-refractivity contribution < 1.29 is 9.18 Å². The summed E-state index contributed by atoms with van der Waals surface area (Å²) >= 11 is 1.45. The first-order chi connectivity index (χ1) is 15.4. The lowest BCUT2D eigenvalue weighted by Crippen LogP contribution is -2.22. The second kappa shape index (κ2) is 9.35. The molecule has 0 aliphatic heterocycles. The molecule has 0 saturated heterocycles. The first-order valence-corrected chi connectivity index (χ1v) is 11.1. The fraction of sp³-hybridized carbons (Fsp3) is 0.217. The van der Waals surface area contributed by atoms with E-state index in [-0.39, 0.29) is 11.5 Å². The van der Waals surface area contributed by atoms with Crippen LogP contribution >= 0.6 is 11.8 Å². The number of rotatable bonds is 7. The predicted molar refractivity (Wildman–Crippen MR) is 122 cm³/mol. The Morgan fingerprint density at radius 3 is 2.66 bits per heavy atom. The molecule has 2 aromatic carbocycles. The summed E-state index contributed by atoms with van der Waals surface area (Å²) < 4.78 is 16.4. The number of hydrogen-bond acceptors (Lipinski definition) is 5. The molecule has 0 aliphatic carbocycles. The smallest absolute Gasteiger partial charge is 0.274 e. The number of nitrogens with zero attached hydrogens (tertiary/aromatic N) is 4. The standard InChI is InChI=1S/C23H22FN5O2S/c1-15(2)12-28-14-25-23-26-18(11-21(30)29(23)28)13-32-20-6-4-3-5-19(20)27-22(31)16-7-9-17(24)10-8-16/h3-11,14-15H,12-13H2,1-2H3,(H,27,31). The molecule has 1 amide bonds. The molecule has 1 N–H and O–H groups in total. The van der Waals surface area contributed by atoms with E-state index in [1.165, 1.54) is 46.6 Å². The average molecular weight is 452 g/mol. The van der Waals surface area contributed by atoms with Crippen molar-refractivity contribution >= 4 is 29.1 Å². The number of para-hydroxylation sites is 1. The van der Waals surface area contributed by atoms with E-state index in [0.29, 0.717) is 40.9 Å². The summed E-state index contributed by atoms with van der Waals surface area (Å²) in [7, 11) is 0. The molecule has 2 aromatic heterocycles. The monoisotopic (exact) mass is 451 g/mol. The Labute approximate surface area is 188 Å². The van der Waals surface area contributed by atoms with E-state index in [2.05, 4.69) is 29.1 Å². The van der Waals surface area contributed by atoms with Gasteiger partial charge in [-0.3, -0.25) is 14.3 Å². The van der Waals surface area contributed by atoms with Crippen molar-refractivity contribution in [2.45, 2.75) is 31.0 Å². The summed E-state index contributed by atoms with van der Waals surface area (Å²) in [6, 6.07) is 14.2. The number of benzene rings is 2. The number of carbonyl (C=O) groups is 1. The molecule has 9 heteroatoms. The molecule has 0 aliphatic rings. The highest BCUT2D eigenvalue weighted by molar-refractivity contribution is 7.98. The van der Waals surface area contributed by atoms with Crippen LogP contribution in [-0.2, 0) is 12.3 Å². The summed E-state index contributed by atoms with van der Waals surface area (Å²) in [6.45, 7) is 4.82. The number of carbonyl (C=O) groups excluding carboxylic acids is 1. The first-order valence-electron chi connectivity index (χ1n) is 10.1. The minimum Gasteiger partial charge on any atom is -0.321 e. The van der Waals surface area contributed by atoms with E-state index in [4.69, 9.17) is 0 Å². The zero-order valence-corrected chi connectivity index (χ0v) is 18.5. The van der Waals surface area contributed by atoms with Crippen LogP contribution in [0.5, 0.6) is 0 Å². The molecule has 4 aromatic rings. The van der Waals surface area contributed by atoms with Gasteiger partial charge < -0.3 is 5.32 Å². The summed E-state index contributed by atoms with van der Waals surface area (Å²) in [4.78, 5) is 34.8. The van der Waals surface area contributed by atoms with Gasteiger partial charge in [0.1, 0.15) is 12.1 Å². The number of halogens is 1. The summed E-state index contributed by atoms with van der Waals surface area (Å²) in [6.07, 6.45) is 1.63. The Kier molecular flexibility index (Phi) is 6.36. The largest absolute Gasteiger partial charge is 0.321 e. The third-order valence-corrected chi connectivity index (χ3v) is 5.77. The lowest BCUT2D eigenvalue weighted by atomic mass is 10.2. The quantitative estimate of drug-likeness (QED) is 0.425. The Bertz CT molecular complexity index is 1310. The van der Waals surface area contributed by atoms with Gasteiger partial charge >= 0.3 is 0 Å². The first kappa shape index (κ1) is 21.8. The number of anilines is 1. The molecule has 2 heterocycles. The van der Waals surface area contributed by atoms with Crippen LogP contribution in [0.2, 0.25) is 0 Å². The maximum absolute atomic E-state index is 13.1. The highest BCUT2D eigenvalue weighted by Crippen LogP contribution is 2.29. The molecular weight excluding hydrogens is 429 g/mol. The topological polar surface area (TPSA) is 81.3 Å². The van der Waals surface area contributed by atoms with Crippen LogP contribution in [0, 0.1) is 11.7 Å². The number of thioether (sulfide) groups is 1. The highest BCUT2D eigenvalue weighted by Gasteiger charge is 2.12. The molecule has 4 rings (SSSR count). The van der Waals surface area contributed by atoms with Crippen molar-refractivity contribution in [3.05, 3.63) is 88.4 Å². The normalized spacial score (nSPS) is 11.2. The fourth-order valence-corrected chi connectivity index (χ4v) is 4.13. The van der Waals surface area contributed by atoms with Crippen molar-refractivity contribution in [1.82, 2.24) is 19.2 Å². The second-order valence-corrected chi connectivity index (χ2v) is 8.72. The fourth-order valence-electron chi connectivity index (χ4n) is 3.23. The molecule has 32 heavy (non-hydrogen) atoms. The van der Waals surface area contributed by atoms with Gasteiger partial charge in [0.15, 0.2) is 0 Å². The van der Waals surface area contributed by atoms with Crippen LogP contribution in [0.1, 0.15) is 29.9 Å². The Hall–Kier alpha value is -3.46. The van der Waals surface area contributed by atoms with Crippen LogP contribution in [0.3, 0.4) is 0 Å². The molecule has 0 spiro atoms. The third kappa shape index (κ3) is 4.88. The maximum Gasteiger partial charge on any atom is 0.274 e. The van der Waals surface area contributed by atoms with Crippen LogP contribution in [0.25, 0.3) is 5.78 Å². The van der Waals surface area contributed by atoms with Crippen LogP contribution < -0.4 is 10.9 Å². The molecular formula is C23H22FN5O2S. The summed E-state index contributed by atoms with van der Waals surface area (Å²) in [5.74, 6) is 0.452. The number of aromatic nitrogens is 4. The second-order valence-electron chi connectivity index (χ2n) is 7.70. The van der Waals surface area contributed by atoms with Crippen molar-refractivity contribution in [3.8, 4) is 0 Å². The van der Waals surface area contributed by atoms with Gasteiger partial charge in [0.25, 0.3) is 17.2 Å². The molecule has 0 fully saturated rings. The highest BCUT2D eigenvalue weighted by atomic mass is 32.2. The SMILES string of the molecule is CC(C)Cn1cnc2nc(CSc3ccccc3NC(=O)c3ccc(F)cc3)cc(=O)n21. The summed E-state index contributed by atoms with van der Waals surface area (Å²) in [5, 5.41) is 2.86. The molecule has 164 valence electrons. The number of amides is 1. The van der Waals surface area contributed by atoms with E-state index in [1.807, 2.05) is 18.2 Å². The minimum absolute atomic E-state index is 0.179. The van der Waals surface area contributed by atoms with E-state index >= 15 is 0 Å². The van der Waals surface area contributed by atoms with Crippen molar-refractivity contribution in [2.75, 3.05) is 5.32 Å². The van der Waals surface area contributed by atoms with Gasteiger partial charge in [-0.1, -0.05) is 26.0 Å². The van der Waals surface area contributed by atoms with Gasteiger partial charge in [-0.2, -0.15) is 9.50 Å². The van der Waals surface area contributed by atoms with Gasteiger partial charge in [-0.15, -0.1) is 11.8 Å². The Balaban J connectivity index is 1.51. The summed E-state index contributed by atoms with van der Waals surface area (Å²) in [5.41, 5.74) is 1.42. The minimum atomic E-state index is -0.396. The zero-order valence-electron chi connectivity index (χ0n) is 17.7. The Morgan fingerprint density at radius 1 is 1.16 bits per heavy atom. The third-order valence-electron chi connectivity index (χ3n) is 4.66. The van der Waals surface area contributed by atoms with Gasteiger partial charge in [0.2, 0.25) is 0 Å². The zero-order chi connectivity index (χ0) is 22.7. The lowest BCUT2D eigenvalue weighted by Gasteiger charge is -2.11. The van der Waals surface area contributed by atoms with Crippen LogP contribution in [0.15, 0.2) is 70.6 Å². The Morgan fingerprint density at radius 2 is 1.91 bits per heavy atom.